The summed E-state index contributed by atoms with van der Waals surface area (Å²) in [6.45, 7) is 7.50. The minimum absolute atomic E-state index is 0.150. The molecule has 0 aromatic rings. The van der Waals surface area contributed by atoms with Crippen LogP contribution in [0.15, 0.2) is 0 Å². The number of hydrogen-bond acceptors (Lipinski definition) is 3. The molecule has 0 aromatic heterocycles. The first kappa shape index (κ1) is 11.5. The lowest BCUT2D eigenvalue weighted by Crippen LogP contribution is -2.38. The highest BCUT2D eigenvalue weighted by atomic mass is 16.2. The Hall–Kier alpha value is -0.610. The molecule has 1 saturated heterocycles. The lowest BCUT2D eigenvalue weighted by Gasteiger charge is -2.18. The van der Waals surface area contributed by atoms with Gasteiger partial charge in [0.25, 0.3) is 0 Å². The molecule has 1 aliphatic heterocycles. The van der Waals surface area contributed by atoms with Crippen molar-refractivity contribution in [2.75, 3.05) is 46.3 Å². The van der Waals surface area contributed by atoms with Crippen LogP contribution in [0.4, 0.5) is 0 Å². The summed E-state index contributed by atoms with van der Waals surface area (Å²) in [5.41, 5.74) is 0. The lowest BCUT2D eigenvalue weighted by molar-refractivity contribution is -0.122. The second-order valence-corrected chi connectivity index (χ2v) is 3.89. The number of nitrogens with zero attached hydrogens (tertiary/aromatic N) is 2. The summed E-state index contributed by atoms with van der Waals surface area (Å²) in [5.74, 6) is 0.150. The molecule has 14 heavy (non-hydrogen) atoms. The van der Waals surface area contributed by atoms with Crippen molar-refractivity contribution in [2.24, 2.45) is 0 Å². The highest BCUT2D eigenvalue weighted by Crippen LogP contribution is 1.99. The second kappa shape index (κ2) is 5.98. The summed E-state index contributed by atoms with van der Waals surface area (Å²) < 4.78 is 0. The molecule has 0 radical (unpaired) electrons. The molecule has 82 valence electrons. The predicted molar refractivity (Wildman–Crippen MR) is 57.2 cm³/mol. The van der Waals surface area contributed by atoms with E-state index in [0.717, 1.165) is 39.1 Å². The Bertz CT molecular complexity index is 184. The molecule has 1 fully saturated rings. The highest BCUT2D eigenvalue weighted by molar-refractivity contribution is 5.77. The molecule has 0 aliphatic carbocycles. The van der Waals surface area contributed by atoms with Crippen molar-refractivity contribution in [3.8, 4) is 0 Å². The third-order valence-corrected chi connectivity index (χ3v) is 2.55. The smallest absolute Gasteiger partial charge is 0.234 e. The van der Waals surface area contributed by atoms with Crippen LogP contribution in [0, 0.1) is 0 Å². The first-order valence-corrected chi connectivity index (χ1v) is 5.40. The second-order valence-electron chi connectivity index (χ2n) is 3.89. The van der Waals surface area contributed by atoms with E-state index in [1.165, 1.54) is 0 Å². The molecule has 4 nitrogen and oxygen atoms in total. The summed E-state index contributed by atoms with van der Waals surface area (Å²) in [5, 5.41) is 2.83. The zero-order chi connectivity index (χ0) is 10.4. The van der Waals surface area contributed by atoms with Gasteiger partial charge >= 0.3 is 0 Å². The zero-order valence-electron chi connectivity index (χ0n) is 9.25. The van der Waals surface area contributed by atoms with Gasteiger partial charge in [-0.25, -0.2) is 0 Å². The quantitative estimate of drug-likeness (QED) is 0.681. The summed E-state index contributed by atoms with van der Waals surface area (Å²) >= 11 is 0. The number of likely N-dealkylation sites (N-methyl/N-ethyl adjacent to an activating group) is 2. The maximum absolute atomic E-state index is 11.3. The van der Waals surface area contributed by atoms with Crippen LogP contribution in [0.25, 0.3) is 0 Å². The van der Waals surface area contributed by atoms with Crippen molar-refractivity contribution in [3.63, 3.8) is 0 Å². The summed E-state index contributed by atoms with van der Waals surface area (Å²) in [6, 6.07) is 0. The fourth-order valence-electron chi connectivity index (χ4n) is 1.71. The zero-order valence-corrected chi connectivity index (χ0v) is 9.25. The van der Waals surface area contributed by atoms with E-state index in [2.05, 4.69) is 22.2 Å². The van der Waals surface area contributed by atoms with Crippen LogP contribution >= 0.6 is 0 Å². The number of rotatable bonds is 3. The first-order valence-electron chi connectivity index (χ1n) is 5.40. The summed E-state index contributed by atoms with van der Waals surface area (Å²) in [7, 11) is 2.13. The van der Waals surface area contributed by atoms with Gasteiger partial charge in [0.05, 0.1) is 6.54 Å². The minimum Gasteiger partial charge on any atom is -0.355 e. The van der Waals surface area contributed by atoms with Crippen LogP contribution in [0.2, 0.25) is 0 Å². The third-order valence-electron chi connectivity index (χ3n) is 2.55. The number of nitrogens with one attached hydrogen (secondary N) is 1. The lowest BCUT2D eigenvalue weighted by atomic mass is 10.4. The van der Waals surface area contributed by atoms with Crippen LogP contribution < -0.4 is 5.32 Å². The maximum atomic E-state index is 11.3. The molecule has 1 rings (SSSR count). The molecule has 0 unspecified atom stereocenters. The molecule has 1 N–H and O–H groups in total. The van der Waals surface area contributed by atoms with Crippen molar-refractivity contribution in [1.29, 1.82) is 0 Å². The van der Waals surface area contributed by atoms with Gasteiger partial charge < -0.3 is 10.2 Å². The van der Waals surface area contributed by atoms with Crippen LogP contribution in [0.5, 0.6) is 0 Å². The number of hydrogen-bond donors (Lipinski definition) is 1. The fourth-order valence-corrected chi connectivity index (χ4v) is 1.71. The first-order chi connectivity index (χ1) is 6.72. The van der Waals surface area contributed by atoms with E-state index in [-0.39, 0.29) is 5.91 Å². The van der Waals surface area contributed by atoms with E-state index in [0.29, 0.717) is 6.54 Å². The molecule has 0 bridgehead atoms. The molecular weight excluding hydrogens is 178 g/mol. The number of amides is 1. The normalized spacial score (nSPS) is 20.4. The Labute approximate surface area is 86.2 Å². The van der Waals surface area contributed by atoms with Gasteiger partial charge in [-0.05, 0) is 33.5 Å². The Morgan fingerprint density at radius 3 is 2.79 bits per heavy atom. The molecule has 0 atom stereocenters. The van der Waals surface area contributed by atoms with Crippen molar-refractivity contribution in [2.45, 2.75) is 13.3 Å². The average molecular weight is 199 g/mol. The molecule has 0 spiro atoms. The van der Waals surface area contributed by atoms with Crippen molar-refractivity contribution in [1.82, 2.24) is 15.1 Å². The van der Waals surface area contributed by atoms with Crippen LogP contribution in [-0.2, 0) is 4.79 Å². The molecule has 0 saturated carbocycles. The SMILES string of the molecule is CCNC(=O)CN1CCCN(C)CC1. The topological polar surface area (TPSA) is 35.6 Å². The molecule has 1 amide bonds. The van der Waals surface area contributed by atoms with Gasteiger partial charge in [0.1, 0.15) is 0 Å². The Kier molecular flexibility index (Phi) is 4.90. The summed E-state index contributed by atoms with van der Waals surface area (Å²) in [4.78, 5) is 15.9. The third kappa shape index (κ3) is 4.07. The van der Waals surface area contributed by atoms with Crippen LogP contribution in [0.3, 0.4) is 0 Å². The van der Waals surface area contributed by atoms with Crippen molar-refractivity contribution < 1.29 is 4.79 Å². The molecular formula is C10H21N3O. The maximum Gasteiger partial charge on any atom is 0.234 e. The number of carbonyl (C=O) groups is 1. The Balaban J connectivity index is 2.26. The summed E-state index contributed by atoms with van der Waals surface area (Å²) in [6.07, 6.45) is 1.16. The van der Waals surface area contributed by atoms with Crippen molar-refractivity contribution >= 4 is 5.91 Å². The fraction of sp³-hybridized carbons (Fsp3) is 0.900. The highest BCUT2D eigenvalue weighted by Gasteiger charge is 2.14. The molecule has 4 heteroatoms. The molecule has 0 aromatic carbocycles. The van der Waals surface area contributed by atoms with Crippen LogP contribution in [0.1, 0.15) is 13.3 Å². The molecule has 1 heterocycles. The predicted octanol–water partition coefficient (Wildman–Crippen LogP) is -0.240. The molecule has 1 aliphatic rings. The van der Waals surface area contributed by atoms with E-state index in [9.17, 15) is 4.79 Å². The van der Waals surface area contributed by atoms with Gasteiger partial charge in [-0.15, -0.1) is 0 Å². The van der Waals surface area contributed by atoms with Crippen molar-refractivity contribution in [3.05, 3.63) is 0 Å². The van der Waals surface area contributed by atoms with Gasteiger partial charge in [-0.3, -0.25) is 9.69 Å². The van der Waals surface area contributed by atoms with Crippen LogP contribution in [-0.4, -0.2) is 62.0 Å². The largest absolute Gasteiger partial charge is 0.355 e. The number of carbonyl (C=O) groups excluding carboxylic acids is 1. The van der Waals surface area contributed by atoms with E-state index in [4.69, 9.17) is 0 Å². The average Bonchev–Trinajstić information content (AvgIpc) is 2.32. The Morgan fingerprint density at radius 2 is 2.07 bits per heavy atom. The Morgan fingerprint density at radius 1 is 1.29 bits per heavy atom. The van der Waals surface area contributed by atoms with E-state index in [1.54, 1.807) is 0 Å². The van der Waals surface area contributed by atoms with E-state index in [1.807, 2.05) is 6.92 Å². The monoisotopic (exact) mass is 199 g/mol. The van der Waals surface area contributed by atoms with Gasteiger partial charge in [-0.2, -0.15) is 0 Å². The van der Waals surface area contributed by atoms with E-state index >= 15 is 0 Å². The van der Waals surface area contributed by atoms with E-state index < -0.39 is 0 Å². The van der Waals surface area contributed by atoms with Gasteiger partial charge in [0, 0.05) is 19.6 Å². The van der Waals surface area contributed by atoms with Gasteiger partial charge in [0.15, 0.2) is 0 Å². The standard InChI is InChI=1S/C10H21N3O/c1-3-11-10(14)9-13-6-4-5-12(2)7-8-13/h3-9H2,1-2H3,(H,11,14). The minimum atomic E-state index is 0.150. The van der Waals surface area contributed by atoms with Gasteiger partial charge in [0.2, 0.25) is 5.91 Å². The van der Waals surface area contributed by atoms with Gasteiger partial charge in [-0.1, -0.05) is 0 Å².